The summed E-state index contributed by atoms with van der Waals surface area (Å²) in [5, 5.41) is 0. The fourth-order valence-electron chi connectivity index (χ4n) is 3.54. The number of Topliss-reactive ketones (excluding diaryl/α,β-unsaturated/α-hetero) is 1. The van der Waals surface area contributed by atoms with Gasteiger partial charge >= 0.3 is 0 Å². The molecule has 2 rings (SSSR count). The second-order valence-electron chi connectivity index (χ2n) is 5.35. The van der Waals surface area contributed by atoms with Crippen LogP contribution in [-0.4, -0.2) is 5.78 Å². The zero-order valence-electron chi connectivity index (χ0n) is 8.48. The van der Waals surface area contributed by atoms with Gasteiger partial charge < -0.3 is 0 Å². The summed E-state index contributed by atoms with van der Waals surface area (Å²) in [4.78, 5) is 11.9. The molecule has 2 aliphatic carbocycles. The van der Waals surface area contributed by atoms with Crippen molar-refractivity contribution in [3.63, 3.8) is 0 Å². The van der Waals surface area contributed by atoms with Crippen LogP contribution in [0.5, 0.6) is 0 Å². The van der Waals surface area contributed by atoms with Gasteiger partial charge in [-0.2, -0.15) is 0 Å². The first-order chi connectivity index (χ1) is 5.41. The van der Waals surface area contributed by atoms with Crippen molar-refractivity contribution in [2.45, 2.75) is 40.5 Å². The first-order valence-corrected chi connectivity index (χ1v) is 4.95. The number of carbonyl (C=O) groups is 1. The van der Waals surface area contributed by atoms with Crippen LogP contribution in [0.4, 0.5) is 0 Å². The van der Waals surface area contributed by atoms with E-state index in [2.05, 4.69) is 27.7 Å². The van der Waals surface area contributed by atoms with E-state index >= 15 is 0 Å². The van der Waals surface area contributed by atoms with Crippen molar-refractivity contribution < 1.29 is 4.79 Å². The Hall–Kier alpha value is -0.330. The van der Waals surface area contributed by atoms with Crippen LogP contribution in [0.25, 0.3) is 0 Å². The number of hydrogen-bond acceptors (Lipinski definition) is 1. The Morgan fingerprint density at radius 2 is 1.92 bits per heavy atom. The summed E-state index contributed by atoms with van der Waals surface area (Å²) < 4.78 is 0. The van der Waals surface area contributed by atoms with Crippen LogP contribution in [0.15, 0.2) is 0 Å². The highest BCUT2D eigenvalue weighted by molar-refractivity contribution is 5.91. The van der Waals surface area contributed by atoms with E-state index in [0.29, 0.717) is 17.6 Å². The minimum Gasteiger partial charge on any atom is -0.299 e. The van der Waals surface area contributed by atoms with Crippen molar-refractivity contribution >= 4 is 5.78 Å². The van der Waals surface area contributed by atoms with Crippen molar-refractivity contribution in [3.8, 4) is 0 Å². The summed E-state index contributed by atoms with van der Waals surface area (Å²) in [6.07, 6.45) is 2.38. The van der Waals surface area contributed by atoms with Crippen LogP contribution < -0.4 is 0 Å². The molecule has 2 aliphatic rings. The maximum absolute atomic E-state index is 11.9. The quantitative estimate of drug-likeness (QED) is 0.540. The van der Waals surface area contributed by atoms with Crippen LogP contribution in [0.2, 0.25) is 0 Å². The molecule has 0 N–H and O–H groups in total. The van der Waals surface area contributed by atoms with E-state index in [9.17, 15) is 4.79 Å². The van der Waals surface area contributed by atoms with Gasteiger partial charge in [0.05, 0.1) is 0 Å². The van der Waals surface area contributed by atoms with E-state index < -0.39 is 0 Å². The molecule has 0 aliphatic heterocycles. The maximum Gasteiger partial charge on any atom is 0.142 e. The molecule has 2 bridgehead atoms. The molecule has 0 unspecified atom stereocenters. The fourth-order valence-corrected chi connectivity index (χ4v) is 3.54. The second kappa shape index (κ2) is 1.94. The van der Waals surface area contributed by atoms with E-state index in [1.807, 2.05) is 0 Å². The predicted molar refractivity (Wildman–Crippen MR) is 48.8 cm³/mol. The lowest BCUT2D eigenvalue weighted by Crippen LogP contribution is -2.33. The highest BCUT2D eigenvalue weighted by atomic mass is 16.1. The van der Waals surface area contributed by atoms with Crippen molar-refractivity contribution in [1.82, 2.24) is 0 Å². The van der Waals surface area contributed by atoms with Crippen molar-refractivity contribution in [2.75, 3.05) is 0 Å². The molecule has 0 aromatic heterocycles. The number of carbonyl (C=O) groups excluding carboxylic acids is 1. The van der Waals surface area contributed by atoms with Crippen LogP contribution in [-0.2, 0) is 4.79 Å². The molecule has 1 heteroatoms. The Kier molecular flexibility index (Phi) is 1.34. The van der Waals surface area contributed by atoms with Crippen molar-refractivity contribution in [2.24, 2.45) is 22.7 Å². The number of fused-ring (bicyclic) bond motifs is 2. The zero-order valence-corrected chi connectivity index (χ0v) is 8.48. The standard InChI is InChI=1S/C11H18O/c1-7-8-5-6-11(4,9(7)12)10(8,2)3/h7-8H,5-6H2,1-4H3/t7-,8-,11-/m1/s1. The van der Waals surface area contributed by atoms with Gasteiger partial charge in [0, 0.05) is 11.3 Å². The third-order valence-electron chi connectivity index (χ3n) is 4.87. The molecule has 3 atom stereocenters. The number of hydrogen-bond donors (Lipinski definition) is 0. The number of rotatable bonds is 0. The van der Waals surface area contributed by atoms with Crippen LogP contribution in [0.1, 0.15) is 40.5 Å². The summed E-state index contributed by atoms with van der Waals surface area (Å²) >= 11 is 0. The molecule has 0 saturated heterocycles. The summed E-state index contributed by atoms with van der Waals surface area (Å²) in [5.74, 6) is 1.48. The topological polar surface area (TPSA) is 17.1 Å². The van der Waals surface area contributed by atoms with E-state index in [1.54, 1.807) is 0 Å². The zero-order chi connectivity index (χ0) is 9.15. The van der Waals surface area contributed by atoms with Gasteiger partial charge in [-0.05, 0) is 24.2 Å². The minimum absolute atomic E-state index is 0.00289. The molecule has 2 saturated carbocycles. The van der Waals surface area contributed by atoms with Crippen molar-refractivity contribution in [3.05, 3.63) is 0 Å². The Bertz CT molecular complexity index is 241. The lowest BCUT2D eigenvalue weighted by molar-refractivity contribution is -0.131. The molecule has 0 spiro atoms. The van der Waals surface area contributed by atoms with Crippen LogP contribution >= 0.6 is 0 Å². The van der Waals surface area contributed by atoms with Gasteiger partial charge in [-0.15, -0.1) is 0 Å². The van der Waals surface area contributed by atoms with E-state index in [-0.39, 0.29) is 10.8 Å². The van der Waals surface area contributed by atoms with Gasteiger partial charge in [0.2, 0.25) is 0 Å². The first kappa shape index (κ1) is 8.28. The van der Waals surface area contributed by atoms with Gasteiger partial charge in [0.15, 0.2) is 0 Å². The highest BCUT2D eigenvalue weighted by Crippen LogP contribution is 2.65. The molecule has 68 valence electrons. The lowest BCUT2D eigenvalue weighted by atomic mass is 9.70. The summed E-state index contributed by atoms with van der Waals surface area (Å²) in [6, 6.07) is 0. The molecule has 0 amide bonds. The van der Waals surface area contributed by atoms with Gasteiger partial charge in [0.1, 0.15) is 5.78 Å². The molecular formula is C11H18O. The monoisotopic (exact) mass is 166 g/mol. The first-order valence-electron chi connectivity index (χ1n) is 4.95. The second-order valence-corrected chi connectivity index (χ2v) is 5.35. The molecule has 12 heavy (non-hydrogen) atoms. The van der Waals surface area contributed by atoms with Crippen LogP contribution in [0.3, 0.4) is 0 Å². The summed E-state index contributed by atoms with van der Waals surface area (Å²) in [5.41, 5.74) is 0.251. The third-order valence-corrected chi connectivity index (χ3v) is 4.87. The Labute approximate surface area is 74.5 Å². The van der Waals surface area contributed by atoms with Gasteiger partial charge in [-0.25, -0.2) is 0 Å². The Morgan fingerprint density at radius 1 is 1.33 bits per heavy atom. The van der Waals surface area contributed by atoms with Crippen LogP contribution in [0, 0.1) is 22.7 Å². The Balaban J connectivity index is 2.50. The molecular weight excluding hydrogens is 148 g/mol. The van der Waals surface area contributed by atoms with Gasteiger partial charge in [-0.1, -0.05) is 27.7 Å². The third kappa shape index (κ3) is 0.605. The molecule has 1 nitrogen and oxygen atoms in total. The smallest absolute Gasteiger partial charge is 0.142 e. The van der Waals surface area contributed by atoms with Crippen molar-refractivity contribution in [1.29, 1.82) is 0 Å². The minimum atomic E-state index is -0.00289. The molecule has 0 heterocycles. The summed E-state index contributed by atoms with van der Waals surface area (Å²) in [7, 11) is 0. The Morgan fingerprint density at radius 3 is 2.17 bits per heavy atom. The normalized spacial score (nSPS) is 50.2. The van der Waals surface area contributed by atoms with Gasteiger partial charge in [-0.3, -0.25) is 4.79 Å². The summed E-state index contributed by atoms with van der Waals surface area (Å²) in [6.45, 7) is 8.82. The SMILES string of the molecule is C[C@H]1C(=O)[C@@]2(C)CC[C@H]1C2(C)C. The predicted octanol–water partition coefficient (Wildman–Crippen LogP) is 2.65. The molecule has 2 fully saturated rings. The molecule has 0 aromatic carbocycles. The highest BCUT2D eigenvalue weighted by Gasteiger charge is 2.64. The van der Waals surface area contributed by atoms with Gasteiger partial charge in [0.25, 0.3) is 0 Å². The van der Waals surface area contributed by atoms with E-state index in [4.69, 9.17) is 0 Å². The fraction of sp³-hybridized carbons (Fsp3) is 0.909. The largest absolute Gasteiger partial charge is 0.299 e. The lowest BCUT2D eigenvalue weighted by Gasteiger charge is -2.32. The van der Waals surface area contributed by atoms with E-state index in [0.717, 1.165) is 6.42 Å². The average Bonchev–Trinajstić information content (AvgIpc) is 2.26. The number of ketones is 1. The maximum atomic E-state index is 11.9. The van der Waals surface area contributed by atoms with E-state index in [1.165, 1.54) is 6.42 Å². The molecule has 0 radical (unpaired) electrons. The average molecular weight is 166 g/mol. The molecule has 0 aromatic rings.